The number of fused-ring (bicyclic) bond motifs is 1. The van der Waals surface area contributed by atoms with Gasteiger partial charge in [-0.15, -0.1) is 0 Å². The van der Waals surface area contributed by atoms with E-state index in [1.165, 1.54) is 6.42 Å². The van der Waals surface area contributed by atoms with Crippen molar-refractivity contribution in [1.29, 1.82) is 0 Å². The predicted octanol–water partition coefficient (Wildman–Crippen LogP) is 2.10. The molecule has 1 N–H and O–H groups in total. The van der Waals surface area contributed by atoms with Gasteiger partial charge in [-0.25, -0.2) is 0 Å². The Morgan fingerprint density at radius 1 is 1.50 bits per heavy atom. The van der Waals surface area contributed by atoms with Crippen molar-refractivity contribution in [3.05, 3.63) is 18.4 Å². The van der Waals surface area contributed by atoms with Gasteiger partial charge < -0.3 is 14.6 Å². The maximum absolute atomic E-state index is 5.50. The Labute approximate surface area is 96.8 Å². The third kappa shape index (κ3) is 1.54. The summed E-state index contributed by atoms with van der Waals surface area (Å²) >= 11 is 0. The van der Waals surface area contributed by atoms with E-state index in [4.69, 9.17) is 4.42 Å². The lowest BCUT2D eigenvalue weighted by molar-refractivity contribution is 0.233. The quantitative estimate of drug-likeness (QED) is 0.785. The van der Waals surface area contributed by atoms with E-state index in [1.807, 2.05) is 6.07 Å². The van der Waals surface area contributed by atoms with Crippen LogP contribution in [0.1, 0.15) is 20.3 Å². The summed E-state index contributed by atoms with van der Waals surface area (Å²) < 4.78 is 5.50. The minimum Gasteiger partial charge on any atom is -0.449 e. The van der Waals surface area contributed by atoms with Crippen LogP contribution in [-0.4, -0.2) is 25.7 Å². The van der Waals surface area contributed by atoms with Crippen molar-refractivity contribution in [2.24, 2.45) is 11.3 Å². The molecule has 2 aliphatic heterocycles. The van der Waals surface area contributed by atoms with E-state index >= 15 is 0 Å². The fraction of sp³-hybridized carbons (Fsp3) is 0.692. The standard InChI is InChI=1S/C13H20N2O/c1-13(2)9-14-11-5-6-15(8-10(11)13)12-4-3-7-16-12/h3-4,7,10-11,14H,5-6,8-9H2,1-2H3. The minimum absolute atomic E-state index is 0.413. The van der Waals surface area contributed by atoms with Crippen LogP contribution in [0, 0.1) is 11.3 Å². The van der Waals surface area contributed by atoms with Gasteiger partial charge in [0.05, 0.1) is 6.26 Å². The minimum atomic E-state index is 0.413. The van der Waals surface area contributed by atoms with Gasteiger partial charge in [0.15, 0.2) is 5.88 Å². The van der Waals surface area contributed by atoms with Crippen LogP contribution in [0.4, 0.5) is 5.88 Å². The van der Waals surface area contributed by atoms with Crippen molar-refractivity contribution in [2.45, 2.75) is 26.3 Å². The smallest absolute Gasteiger partial charge is 0.195 e. The lowest BCUT2D eigenvalue weighted by atomic mass is 9.76. The molecule has 3 heteroatoms. The highest BCUT2D eigenvalue weighted by Crippen LogP contribution is 2.39. The molecule has 2 fully saturated rings. The molecule has 0 radical (unpaired) electrons. The van der Waals surface area contributed by atoms with Crippen LogP contribution in [0.3, 0.4) is 0 Å². The third-order valence-electron chi connectivity index (χ3n) is 4.25. The fourth-order valence-corrected chi connectivity index (χ4v) is 3.16. The molecule has 88 valence electrons. The average Bonchev–Trinajstić information content (AvgIpc) is 2.87. The molecule has 3 nitrogen and oxygen atoms in total. The highest BCUT2D eigenvalue weighted by atomic mass is 16.3. The molecule has 16 heavy (non-hydrogen) atoms. The van der Waals surface area contributed by atoms with Crippen molar-refractivity contribution in [3.63, 3.8) is 0 Å². The van der Waals surface area contributed by atoms with Crippen LogP contribution >= 0.6 is 0 Å². The highest BCUT2D eigenvalue weighted by molar-refractivity contribution is 5.36. The Morgan fingerprint density at radius 3 is 3.12 bits per heavy atom. The van der Waals surface area contributed by atoms with E-state index < -0.39 is 0 Å². The second kappa shape index (κ2) is 3.52. The zero-order chi connectivity index (χ0) is 11.2. The van der Waals surface area contributed by atoms with Gasteiger partial charge in [0.1, 0.15) is 0 Å². The van der Waals surface area contributed by atoms with E-state index in [1.54, 1.807) is 6.26 Å². The van der Waals surface area contributed by atoms with Crippen molar-refractivity contribution >= 4 is 5.88 Å². The van der Waals surface area contributed by atoms with Gasteiger partial charge in [-0.05, 0) is 23.8 Å². The number of rotatable bonds is 1. The van der Waals surface area contributed by atoms with Gasteiger partial charge in [0.2, 0.25) is 0 Å². The molecule has 0 bridgehead atoms. The first-order valence-corrected chi connectivity index (χ1v) is 6.19. The van der Waals surface area contributed by atoms with Gasteiger partial charge >= 0.3 is 0 Å². The first-order valence-electron chi connectivity index (χ1n) is 6.19. The molecule has 2 saturated heterocycles. The number of piperidine rings is 1. The van der Waals surface area contributed by atoms with Crippen LogP contribution < -0.4 is 10.2 Å². The number of hydrogen-bond donors (Lipinski definition) is 1. The van der Waals surface area contributed by atoms with E-state index in [9.17, 15) is 0 Å². The van der Waals surface area contributed by atoms with E-state index in [-0.39, 0.29) is 0 Å². The van der Waals surface area contributed by atoms with Gasteiger partial charge in [0, 0.05) is 31.7 Å². The van der Waals surface area contributed by atoms with Crippen LogP contribution in [0.25, 0.3) is 0 Å². The molecule has 2 atom stereocenters. The largest absolute Gasteiger partial charge is 0.449 e. The lowest BCUT2D eigenvalue weighted by Crippen LogP contribution is -2.47. The van der Waals surface area contributed by atoms with Crippen LogP contribution in [0.2, 0.25) is 0 Å². The van der Waals surface area contributed by atoms with Crippen LogP contribution in [-0.2, 0) is 0 Å². The Bertz CT molecular complexity index is 358. The van der Waals surface area contributed by atoms with Crippen molar-refractivity contribution in [3.8, 4) is 0 Å². The summed E-state index contributed by atoms with van der Waals surface area (Å²) in [5.41, 5.74) is 0.413. The summed E-state index contributed by atoms with van der Waals surface area (Å²) in [7, 11) is 0. The Morgan fingerprint density at radius 2 is 2.38 bits per heavy atom. The molecular weight excluding hydrogens is 200 g/mol. The lowest BCUT2D eigenvalue weighted by Gasteiger charge is -2.39. The maximum atomic E-state index is 5.50. The van der Waals surface area contributed by atoms with Gasteiger partial charge in [-0.2, -0.15) is 0 Å². The first kappa shape index (κ1) is 10.2. The molecule has 0 aromatic carbocycles. The summed E-state index contributed by atoms with van der Waals surface area (Å²) in [6.07, 6.45) is 2.99. The summed E-state index contributed by atoms with van der Waals surface area (Å²) in [5, 5.41) is 3.66. The topological polar surface area (TPSA) is 28.4 Å². The number of nitrogens with zero attached hydrogens (tertiary/aromatic N) is 1. The zero-order valence-electron chi connectivity index (χ0n) is 10.1. The molecule has 0 amide bonds. The van der Waals surface area contributed by atoms with Crippen molar-refractivity contribution in [2.75, 3.05) is 24.5 Å². The molecule has 0 saturated carbocycles. The molecule has 1 aromatic rings. The molecule has 2 unspecified atom stereocenters. The normalized spacial score (nSPS) is 32.8. The van der Waals surface area contributed by atoms with Crippen LogP contribution in [0.5, 0.6) is 0 Å². The summed E-state index contributed by atoms with van der Waals surface area (Å²) in [6, 6.07) is 4.75. The zero-order valence-corrected chi connectivity index (χ0v) is 10.1. The van der Waals surface area contributed by atoms with Gasteiger partial charge in [-0.3, -0.25) is 0 Å². The predicted molar refractivity (Wildman–Crippen MR) is 64.6 cm³/mol. The first-order chi connectivity index (χ1) is 7.67. The van der Waals surface area contributed by atoms with Gasteiger partial charge in [0.25, 0.3) is 0 Å². The van der Waals surface area contributed by atoms with Crippen LogP contribution in [0.15, 0.2) is 22.8 Å². The molecule has 0 aliphatic carbocycles. The molecule has 0 spiro atoms. The van der Waals surface area contributed by atoms with E-state index in [0.29, 0.717) is 11.5 Å². The fourth-order valence-electron chi connectivity index (χ4n) is 3.16. The molecule has 1 aromatic heterocycles. The van der Waals surface area contributed by atoms with E-state index in [2.05, 4.69) is 30.1 Å². The second-order valence-electron chi connectivity index (χ2n) is 5.77. The van der Waals surface area contributed by atoms with Crippen molar-refractivity contribution < 1.29 is 4.42 Å². The second-order valence-corrected chi connectivity index (χ2v) is 5.77. The average molecular weight is 220 g/mol. The molecule has 3 heterocycles. The Balaban J connectivity index is 1.78. The van der Waals surface area contributed by atoms with Gasteiger partial charge in [-0.1, -0.05) is 13.8 Å². The maximum Gasteiger partial charge on any atom is 0.195 e. The SMILES string of the molecule is CC1(C)CNC2CCN(c3ccco3)CC21. The summed E-state index contributed by atoms with van der Waals surface area (Å²) in [5.74, 6) is 1.77. The van der Waals surface area contributed by atoms with E-state index in [0.717, 1.165) is 31.4 Å². The Hall–Kier alpha value is -0.960. The number of anilines is 1. The third-order valence-corrected chi connectivity index (χ3v) is 4.25. The summed E-state index contributed by atoms with van der Waals surface area (Å²) in [6.45, 7) is 8.12. The number of hydrogen-bond acceptors (Lipinski definition) is 3. The monoisotopic (exact) mass is 220 g/mol. The summed E-state index contributed by atoms with van der Waals surface area (Å²) in [4.78, 5) is 2.38. The van der Waals surface area contributed by atoms with Crippen molar-refractivity contribution in [1.82, 2.24) is 5.32 Å². The highest BCUT2D eigenvalue weighted by Gasteiger charge is 2.44. The number of nitrogens with one attached hydrogen (secondary N) is 1. The molecule has 2 aliphatic rings. The Kier molecular flexibility index (Phi) is 2.25. The molecular formula is C13H20N2O. The number of furan rings is 1. The molecule has 3 rings (SSSR count).